The smallest absolute Gasteiger partial charge is 0.187 e. The Balaban J connectivity index is 1.16. The maximum atomic E-state index is 7.46. The van der Waals surface area contributed by atoms with Crippen LogP contribution >= 0.6 is 11.8 Å². The summed E-state index contributed by atoms with van der Waals surface area (Å²) < 4.78 is 62.8. The van der Waals surface area contributed by atoms with Crippen molar-refractivity contribution in [2.45, 2.75) is 108 Å². The van der Waals surface area contributed by atoms with Gasteiger partial charge in [-0.15, -0.1) is 11.8 Å². The first kappa shape index (κ1) is 48.8. The van der Waals surface area contributed by atoms with E-state index in [1.807, 2.05) is 109 Å². The Bertz CT molecular complexity index is 2240. The summed E-state index contributed by atoms with van der Waals surface area (Å²) in [6, 6.07) is 61.0. The van der Waals surface area contributed by atoms with Crippen LogP contribution in [0.15, 0.2) is 182 Å². The van der Waals surface area contributed by atoms with E-state index in [9.17, 15) is 0 Å². The normalized spacial score (nSPS) is 25.2. The lowest BCUT2D eigenvalue weighted by Gasteiger charge is -2.50. The minimum absolute atomic E-state index is 0.0617. The molecule has 0 aromatic heterocycles. The van der Waals surface area contributed by atoms with Gasteiger partial charge in [0.05, 0.1) is 59.0 Å². The Labute approximate surface area is 401 Å². The third kappa shape index (κ3) is 14.4. The summed E-state index contributed by atoms with van der Waals surface area (Å²) in [7, 11) is 0. The molecule has 8 rings (SSSR count). The van der Waals surface area contributed by atoms with E-state index >= 15 is 0 Å². The van der Waals surface area contributed by atoms with E-state index < -0.39 is 49.0 Å². The maximum absolute atomic E-state index is 7.46. The number of thioether (sulfide) groups is 1. The first-order valence-electron chi connectivity index (χ1n) is 23.5. The molecule has 6 aromatic carbocycles. The summed E-state index contributed by atoms with van der Waals surface area (Å²) in [4.78, 5) is 0. The second-order valence-electron chi connectivity index (χ2n) is 17.0. The quantitative estimate of drug-likeness (QED) is 0.0585. The van der Waals surface area contributed by atoms with Gasteiger partial charge < -0.3 is 42.6 Å². The van der Waals surface area contributed by atoms with Gasteiger partial charge in [-0.05, 0) is 39.1 Å². The van der Waals surface area contributed by atoms with Crippen molar-refractivity contribution < 1.29 is 42.6 Å². The van der Waals surface area contributed by atoms with Gasteiger partial charge in [-0.1, -0.05) is 196 Å². The molecule has 10 atom stereocenters. The molecule has 0 radical (unpaired) electrons. The van der Waals surface area contributed by atoms with Gasteiger partial charge in [-0.25, -0.2) is 0 Å². The van der Waals surface area contributed by atoms with E-state index in [0.717, 1.165) is 39.1 Å². The van der Waals surface area contributed by atoms with Crippen molar-refractivity contribution in [1.29, 1.82) is 0 Å². The largest absolute Gasteiger partial charge is 0.374 e. The molecule has 0 bridgehead atoms. The minimum Gasteiger partial charge on any atom is -0.374 e. The highest BCUT2D eigenvalue weighted by Crippen LogP contribution is 2.39. The zero-order valence-electron chi connectivity index (χ0n) is 38.5. The fraction of sp³-hybridized carbons (Fsp3) is 0.368. The van der Waals surface area contributed by atoms with Crippen molar-refractivity contribution >= 4 is 11.8 Å². The molecule has 4 unspecified atom stereocenters. The molecule has 67 heavy (non-hydrogen) atoms. The van der Waals surface area contributed by atoms with Crippen LogP contribution in [0.2, 0.25) is 0 Å². The van der Waals surface area contributed by atoms with Crippen LogP contribution < -0.4 is 0 Å². The summed E-state index contributed by atoms with van der Waals surface area (Å²) in [5.74, 6) is 0.813. The molecule has 2 aliphatic heterocycles. The van der Waals surface area contributed by atoms with Crippen molar-refractivity contribution in [2.75, 3.05) is 19.0 Å². The van der Waals surface area contributed by atoms with Crippen molar-refractivity contribution in [2.24, 2.45) is 5.92 Å². The minimum atomic E-state index is -0.970. The summed E-state index contributed by atoms with van der Waals surface area (Å²) in [5.41, 5.74) is 6.08. The molecular weight excluding hydrogens is 861 g/mol. The molecule has 6 aromatic rings. The van der Waals surface area contributed by atoms with Gasteiger partial charge in [-0.3, -0.25) is 0 Å². The molecule has 352 valence electrons. The number of rotatable bonds is 24. The first-order valence-corrected chi connectivity index (χ1v) is 24.6. The maximum Gasteiger partial charge on any atom is 0.187 e. The zero-order valence-corrected chi connectivity index (χ0v) is 39.4. The third-order valence-corrected chi connectivity index (χ3v) is 13.3. The Morgan fingerprint density at radius 3 is 1.13 bits per heavy atom. The fourth-order valence-electron chi connectivity index (χ4n) is 8.59. The SMILES string of the molecule is CCS[C@@H]1OC(COCc2ccccc2)[C@@H](O[C@@H]2OC(COCc3ccccc3)[C@H](OCc3ccccc3)[C@H](OCc3ccccc3)C2OCc2ccccc2)[C@H](OCc2ccccc2)C1C. The van der Waals surface area contributed by atoms with Crippen LogP contribution in [0.4, 0.5) is 0 Å². The molecule has 2 heterocycles. The van der Waals surface area contributed by atoms with E-state index in [1.165, 1.54) is 0 Å². The monoisotopic (exact) mass is 924 g/mol. The molecule has 2 fully saturated rings. The molecule has 0 amide bonds. The van der Waals surface area contributed by atoms with Crippen molar-refractivity contribution in [3.63, 3.8) is 0 Å². The fourth-order valence-corrected chi connectivity index (χ4v) is 9.59. The number of benzene rings is 6. The predicted octanol–water partition coefficient (Wildman–Crippen LogP) is 11.0. The Morgan fingerprint density at radius 2 is 0.731 bits per heavy atom. The molecule has 0 saturated carbocycles. The molecular formula is C57H64O9S. The van der Waals surface area contributed by atoms with Gasteiger partial charge in [0, 0.05) is 5.92 Å². The lowest BCUT2D eigenvalue weighted by Crippen LogP contribution is -2.64. The summed E-state index contributed by atoms with van der Waals surface area (Å²) in [6.07, 6.45) is -5.23. The van der Waals surface area contributed by atoms with Crippen molar-refractivity contribution in [3.05, 3.63) is 215 Å². The standard InChI is InChI=1S/C57H64O9S/c1-3-67-57-42(2)51(60-36-45-26-14-6-15-27-45)53(50(65-57)41-59-35-44-24-12-5-13-25-44)66-56-55(63-39-48-32-20-9-21-33-48)54(62-38-47-30-18-8-19-31-47)52(61-37-46-28-16-7-17-29-46)49(64-56)40-58-34-43-22-10-4-11-23-43/h4-33,42,49-57H,3,34-41H2,1-2H3/t42?,49?,50?,51-,52+,53-,54+,55?,56+,57+/m1/s1. The van der Waals surface area contributed by atoms with Gasteiger partial charge in [0.1, 0.15) is 42.1 Å². The molecule has 2 aliphatic rings. The van der Waals surface area contributed by atoms with Crippen LogP contribution in [0.5, 0.6) is 0 Å². The van der Waals surface area contributed by atoms with Crippen molar-refractivity contribution in [3.8, 4) is 0 Å². The lowest BCUT2D eigenvalue weighted by atomic mass is 9.92. The number of hydrogen-bond donors (Lipinski definition) is 0. The average Bonchev–Trinajstić information content (AvgIpc) is 3.38. The highest BCUT2D eigenvalue weighted by atomic mass is 32.2. The van der Waals surface area contributed by atoms with Crippen LogP contribution in [0, 0.1) is 5.92 Å². The highest BCUT2D eigenvalue weighted by Gasteiger charge is 2.53. The van der Waals surface area contributed by atoms with Crippen LogP contribution in [-0.2, 0) is 82.3 Å². The van der Waals surface area contributed by atoms with Crippen molar-refractivity contribution in [1.82, 2.24) is 0 Å². The Kier molecular flexibility index (Phi) is 19.0. The summed E-state index contributed by atoms with van der Waals surface area (Å²) >= 11 is 1.77. The number of ether oxygens (including phenoxy) is 9. The van der Waals surface area contributed by atoms with Crippen LogP contribution in [0.25, 0.3) is 0 Å². The van der Waals surface area contributed by atoms with E-state index in [1.54, 1.807) is 11.8 Å². The van der Waals surface area contributed by atoms with Crippen LogP contribution in [0.3, 0.4) is 0 Å². The molecule has 0 spiro atoms. The van der Waals surface area contributed by atoms with Gasteiger partial charge in [0.15, 0.2) is 6.29 Å². The zero-order chi connectivity index (χ0) is 45.9. The first-order chi connectivity index (χ1) is 33.1. The predicted molar refractivity (Wildman–Crippen MR) is 262 cm³/mol. The van der Waals surface area contributed by atoms with E-state index in [-0.39, 0.29) is 31.2 Å². The van der Waals surface area contributed by atoms with Gasteiger partial charge in [0.2, 0.25) is 0 Å². The second kappa shape index (κ2) is 26.2. The summed E-state index contributed by atoms with van der Waals surface area (Å²) in [5, 5.41) is 0. The van der Waals surface area contributed by atoms with Crippen LogP contribution in [0.1, 0.15) is 47.2 Å². The highest BCUT2D eigenvalue weighted by molar-refractivity contribution is 7.99. The molecule has 9 nitrogen and oxygen atoms in total. The Hall–Kier alpha value is -4.69. The molecule has 2 saturated heterocycles. The third-order valence-electron chi connectivity index (χ3n) is 12.1. The van der Waals surface area contributed by atoms with E-state index in [4.69, 9.17) is 42.6 Å². The van der Waals surface area contributed by atoms with E-state index in [2.05, 4.69) is 86.6 Å². The van der Waals surface area contributed by atoms with Crippen LogP contribution in [-0.4, -0.2) is 73.4 Å². The number of hydrogen-bond acceptors (Lipinski definition) is 10. The molecule has 0 N–H and O–H groups in total. The van der Waals surface area contributed by atoms with Gasteiger partial charge >= 0.3 is 0 Å². The Morgan fingerprint density at radius 1 is 0.388 bits per heavy atom. The van der Waals surface area contributed by atoms with Gasteiger partial charge in [-0.2, -0.15) is 0 Å². The topological polar surface area (TPSA) is 83.1 Å². The average molecular weight is 925 g/mol. The van der Waals surface area contributed by atoms with E-state index in [0.29, 0.717) is 33.0 Å². The van der Waals surface area contributed by atoms with Gasteiger partial charge in [0.25, 0.3) is 0 Å². The summed E-state index contributed by atoms with van der Waals surface area (Å²) in [6.45, 7) is 6.93. The molecule has 0 aliphatic carbocycles. The second-order valence-corrected chi connectivity index (χ2v) is 18.4. The molecule has 10 heteroatoms. The lowest BCUT2D eigenvalue weighted by molar-refractivity contribution is -0.356.